The molecule has 0 atom stereocenters. The SMILES string of the molecule is CCC/C=N\C(=NC)N1CCC(CCNC(=O)NC(=S)Nc2ccccc2CC)CC1.Cc1ccc(OC(F)(F)F)cc1. The largest absolute Gasteiger partial charge is 0.573 e. The summed E-state index contributed by atoms with van der Waals surface area (Å²) in [4.78, 5) is 23.2. The normalized spacial score (nSPS) is 14.1. The van der Waals surface area contributed by atoms with E-state index in [1.165, 1.54) is 12.1 Å². The molecule has 0 spiro atoms. The number of carbonyl (C=O) groups excluding carboxylic acids is 1. The number of aliphatic imine (C=N–C) groups is 2. The second kappa shape index (κ2) is 18.8. The molecule has 0 aromatic heterocycles. The minimum absolute atomic E-state index is 0.187. The van der Waals surface area contributed by atoms with Gasteiger partial charge in [0.25, 0.3) is 0 Å². The van der Waals surface area contributed by atoms with Gasteiger partial charge in [0.2, 0.25) is 5.96 Å². The monoisotopic (exact) mass is 620 g/mol. The van der Waals surface area contributed by atoms with Gasteiger partial charge in [-0.3, -0.25) is 10.3 Å². The maximum atomic E-state index is 12.2. The zero-order valence-corrected chi connectivity index (χ0v) is 26.2. The molecule has 2 aromatic rings. The highest BCUT2D eigenvalue weighted by molar-refractivity contribution is 7.80. The van der Waals surface area contributed by atoms with Crippen molar-refractivity contribution in [2.45, 2.75) is 65.7 Å². The van der Waals surface area contributed by atoms with Crippen LogP contribution in [0.5, 0.6) is 5.75 Å². The summed E-state index contributed by atoms with van der Waals surface area (Å²) in [5.74, 6) is 1.24. The molecule has 0 unspecified atom stereocenters. The van der Waals surface area contributed by atoms with E-state index in [2.05, 4.69) is 49.4 Å². The Morgan fingerprint density at radius 3 is 2.40 bits per heavy atom. The first-order valence-corrected chi connectivity index (χ1v) is 15.0. The summed E-state index contributed by atoms with van der Waals surface area (Å²) in [6, 6.07) is 13.3. The van der Waals surface area contributed by atoms with Crippen molar-refractivity contribution >= 4 is 41.2 Å². The Kier molecular flexibility index (Phi) is 15.5. The lowest BCUT2D eigenvalue weighted by atomic mass is 9.94. The number of hydrogen-bond donors (Lipinski definition) is 3. The molecule has 3 N–H and O–H groups in total. The lowest BCUT2D eigenvalue weighted by Crippen LogP contribution is -2.43. The molecule has 0 bridgehead atoms. The summed E-state index contributed by atoms with van der Waals surface area (Å²) < 4.78 is 38.5. The topological polar surface area (TPSA) is 90.4 Å². The van der Waals surface area contributed by atoms with Crippen LogP contribution in [0.25, 0.3) is 0 Å². The van der Waals surface area contributed by atoms with E-state index >= 15 is 0 Å². The van der Waals surface area contributed by atoms with Gasteiger partial charge in [-0.2, -0.15) is 0 Å². The number of nitrogens with one attached hydrogen (secondary N) is 3. The molecule has 0 saturated carbocycles. The van der Waals surface area contributed by atoms with Gasteiger partial charge in [0, 0.05) is 38.6 Å². The van der Waals surface area contributed by atoms with E-state index in [1.807, 2.05) is 30.5 Å². The molecular formula is C31H43F3N6O2S. The van der Waals surface area contributed by atoms with Crippen LogP contribution in [-0.4, -0.2) is 61.3 Å². The number of guanidine groups is 1. The van der Waals surface area contributed by atoms with E-state index in [4.69, 9.17) is 12.2 Å². The van der Waals surface area contributed by atoms with Crippen molar-refractivity contribution in [2.24, 2.45) is 15.9 Å². The first-order chi connectivity index (χ1) is 20.5. The molecule has 2 aromatic carbocycles. The number of para-hydroxylation sites is 1. The Hall–Kier alpha value is -3.67. The standard InChI is InChI=1S/C23H36N6OS.C8H7F3O/c1-4-6-14-25-21(24-3)29-16-12-18(13-17-29)11-15-26-22(30)28-23(31)27-20-10-8-7-9-19(20)5-2;1-6-2-4-7(5-3-6)12-8(9,10)11/h7-10,14,18H,4-6,11-13,15-17H2,1-3H3,(H3,26,27,28,30,31);2-5H,1H3/b24-21?,25-14-;. The lowest BCUT2D eigenvalue weighted by molar-refractivity contribution is -0.274. The zero-order chi connectivity index (χ0) is 31.7. The molecule has 1 aliphatic rings. The van der Waals surface area contributed by atoms with E-state index in [0.717, 1.165) is 74.4 Å². The number of unbranched alkanes of at least 4 members (excludes halogenated alkanes) is 1. The number of rotatable bonds is 8. The minimum Gasteiger partial charge on any atom is -0.406 e. The van der Waals surface area contributed by atoms with Crippen molar-refractivity contribution in [1.82, 2.24) is 15.5 Å². The summed E-state index contributed by atoms with van der Waals surface area (Å²) in [6.07, 6.45) is 3.44. The number of alkyl halides is 3. The molecule has 1 fully saturated rings. The van der Waals surface area contributed by atoms with Gasteiger partial charge in [0.05, 0.1) is 0 Å². The van der Waals surface area contributed by atoms with Crippen LogP contribution in [0.3, 0.4) is 0 Å². The maximum absolute atomic E-state index is 12.2. The number of carbonyl (C=O) groups is 1. The fourth-order valence-corrected chi connectivity index (χ4v) is 4.56. The van der Waals surface area contributed by atoms with E-state index in [-0.39, 0.29) is 11.8 Å². The highest BCUT2D eigenvalue weighted by Crippen LogP contribution is 2.23. The number of benzene rings is 2. The molecular weight excluding hydrogens is 577 g/mol. The van der Waals surface area contributed by atoms with Crippen LogP contribution in [0, 0.1) is 12.8 Å². The third kappa shape index (κ3) is 14.4. The molecule has 0 aliphatic carbocycles. The van der Waals surface area contributed by atoms with Gasteiger partial charge >= 0.3 is 12.4 Å². The Bertz CT molecular complexity index is 1200. The first-order valence-electron chi connectivity index (χ1n) is 14.5. The summed E-state index contributed by atoms with van der Waals surface area (Å²) >= 11 is 5.27. The smallest absolute Gasteiger partial charge is 0.406 e. The van der Waals surface area contributed by atoms with Crippen LogP contribution in [0.2, 0.25) is 0 Å². The van der Waals surface area contributed by atoms with Crippen LogP contribution in [-0.2, 0) is 6.42 Å². The van der Waals surface area contributed by atoms with E-state index in [1.54, 1.807) is 26.1 Å². The molecule has 12 heteroatoms. The first kappa shape index (κ1) is 35.5. The fraction of sp³-hybridized carbons (Fsp3) is 0.484. The van der Waals surface area contributed by atoms with Crippen LogP contribution in [0.15, 0.2) is 58.5 Å². The molecule has 1 heterocycles. The number of halogens is 3. The average Bonchev–Trinajstić information content (AvgIpc) is 2.97. The van der Waals surface area contributed by atoms with E-state index < -0.39 is 6.36 Å². The molecule has 8 nitrogen and oxygen atoms in total. The van der Waals surface area contributed by atoms with Crippen LogP contribution >= 0.6 is 12.2 Å². The van der Waals surface area contributed by atoms with Crippen LogP contribution in [0.1, 0.15) is 57.1 Å². The van der Waals surface area contributed by atoms with Crippen molar-refractivity contribution < 1.29 is 22.7 Å². The Morgan fingerprint density at radius 2 is 1.79 bits per heavy atom. The predicted molar refractivity (Wildman–Crippen MR) is 172 cm³/mol. The lowest BCUT2D eigenvalue weighted by Gasteiger charge is -2.32. The molecule has 236 valence electrons. The predicted octanol–water partition coefficient (Wildman–Crippen LogP) is 7.10. The number of ether oxygens (including phenoxy) is 1. The van der Waals surface area contributed by atoms with Crippen molar-refractivity contribution in [2.75, 3.05) is 32.0 Å². The highest BCUT2D eigenvalue weighted by Gasteiger charge is 2.30. The zero-order valence-electron chi connectivity index (χ0n) is 25.3. The third-order valence-electron chi connectivity index (χ3n) is 6.69. The van der Waals surface area contributed by atoms with Crippen LogP contribution in [0.4, 0.5) is 23.7 Å². The maximum Gasteiger partial charge on any atom is 0.573 e. The second-order valence-electron chi connectivity index (χ2n) is 10.0. The van der Waals surface area contributed by atoms with Gasteiger partial charge in [0.1, 0.15) is 5.75 Å². The quantitative estimate of drug-likeness (QED) is 0.167. The molecule has 1 saturated heterocycles. The van der Waals surface area contributed by atoms with Gasteiger partial charge in [-0.05, 0) is 80.9 Å². The Labute approximate surface area is 258 Å². The Morgan fingerprint density at radius 1 is 1.12 bits per heavy atom. The highest BCUT2D eigenvalue weighted by atomic mass is 32.1. The van der Waals surface area contributed by atoms with Crippen molar-refractivity contribution in [3.8, 4) is 5.75 Å². The number of urea groups is 1. The fourth-order valence-electron chi connectivity index (χ4n) is 4.36. The number of amides is 2. The van der Waals surface area contributed by atoms with Crippen molar-refractivity contribution in [3.63, 3.8) is 0 Å². The van der Waals surface area contributed by atoms with E-state index in [0.29, 0.717) is 17.6 Å². The second-order valence-corrected chi connectivity index (χ2v) is 10.5. The number of likely N-dealkylation sites (tertiary alicyclic amines) is 1. The van der Waals surface area contributed by atoms with Gasteiger partial charge in [-0.15, -0.1) is 13.2 Å². The molecule has 1 aliphatic heterocycles. The van der Waals surface area contributed by atoms with Gasteiger partial charge in [-0.25, -0.2) is 9.79 Å². The van der Waals surface area contributed by atoms with Gasteiger partial charge < -0.3 is 20.3 Å². The number of piperidine rings is 1. The van der Waals surface area contributed by atoms with Gasteiger partial charge in [0.15, 0.2) is 5.11 Å². The molecule has 0 radical (unpaired) electrons. The number of thiocarbonyl (C=S) groups is 1. The minimum atomic E-state index is -4.60. The number of anilines is 1. The Balaban J connectivity index is 0.000000448. The summed E-state index contributed by atoms with van der Waals surface area (Å²) in [5, 5.41) is 9.03. The van der Waals surface area contributed by atoms with Crippen molar-refractivity contribution in [3.05, 3.63) is 59.7 Å². The van der Waals surface area contributed by atoms with Gasteiger partial charge in [-0.1, -0.05) is 56.2 Å². The summed E-state index contributed by atoms with van der Waals surface area (Å²) in [5.41, 5.74) is 2.98. The van der Waals surface area contributed by atoms with E-state index in [9.17, 15) is 18.0 Å². The summed E-state index contributed by atoms with van der Waals surface area (Å²) in [7, 11) is 1.80. The third-order valence-corrected chi connectivity index (χ3v) is 6.89. The average molecular weight is 621 g/mol. The number of hydrogen-bond acceptors (Lipinski definition) is 4. The molecule has 43 heavy (non-hydrogen) atoms. The number of nitrogens with zero attached hydrogens (tertiary/aromatic N) is 3. The summed E-state index contributed by atoms with van der Waals surface area (Å²) in [6.45, 7) is 8.56. The molecule has 3 rings (SSSR count). The van der Waals surface area contributed by atoms with Crippen molar-refractivity contribution in [1.29, 1.82) is 0 Å². The van der Waals surface area contributed by atoms with Crippen LogP contribution < -0.4 is 20.7 Å². The number of aryl methyl sites for hydroxylation is 2. The molecule has 2 amide bonds.